The molecule has 0 bridgehead atoms. The normalized spacial score (nSPS) is 16.0. The third kappa shape index (κ3) is 2.82. The van der Waals surface area contributed by atoms with Crippen molar-refractivity contribution < 1.29 is 18.8 Å². The first-order chi connectivity index (χ1) is 10.1. The summed E-state index contributed by atoms with van der Waals surface area (Å²) >= 11 is 0. The molecule has 0 saturated heterocycles. The standard InChI is InChI=1S/C16H16FNO3/c17-13-8-11(15-9-14(16(19)20)18-21-15)6-7-12(13)10-4-2-1-3-5-10/h6-10H,1-5H2,(H,19,20). The van der Waals surface area contributed by atoms with Crippen molar-refractivity contribution in [1.82, 2.24) is 5.16 Å². The van der Waals surface area contributed by atoms with Gasteiger partial charge in [0.15, 0.2) is 11.5 Å². The number of carbonyl (C=O) groups is 1. The average Bonchev–Trinajstić information content (AvgIpc) is 2.98. The number of rotatable bonds is 3. The Labute approximate surface area is 121 Å². The van der Waals surface area contributed by atoms with Crippen LogP contribution in [0.5, 0.6) is 0 Å². The molecule has 1 saturated carbocycles. The minimum atomic E-state index is -1.16. The van der Waals surface area contributed by atoms with Crippen molar-refractivity contribution in [2.24, 2.45) is 0 Å². The summed E-state index contributed by atoms with van der Waals surface area (Å²) in [5.41, 5.74) is 1.07. The van der Waals surface area contributed by atoms with Gasteiger partial charge in [0.1, 0.15) is 5.82 Å². The van der Waals surface area contributed by atoms with Gasteiger partial charge < -0.3 is 9.63 Å². The van der Waals surface area contributed by atoms with Crippen LogP contribution in [0.4, 0.5) is 4.39 Å². The first-order valence-electron chi connectivity index (χ1n) is 7.15. The predicted molar refractivity (Wildman–Crippen MR) is 74.7 cm³/mol. The number of carboxylic acids is 1. The summed E-state index contributed by atoms with van der Waals surface area (Å²) in [6.45, 7) is 0. The van der Waals surface area contributed by atoms with Crippen molar-refractivity contribution in [2.75, 3.05) is 0 Å². The second-order valence-corrected chi connectivity index (χ2v) is 5.45. The fourth-order valence-electron chi connectivity index (χ4n) is 2.94. The molecule has 0 aliphatic heterocycles. The van der Waals surface area contributed by atoms with Crippen LogP contribution in [0.15, 0.2) is 28.8 Å². The van der Waals surface area contributed by atoms with Crippen LogP contribution in [-0.4, -0.2) is 16.2 Å². The van der Waals surface area contributed by atoms with E-state index in [1.807, 2.05) is 0 Å². The summed E-state index contributed by atoms with van der Waals surface area (Å²) in [5.74, 6) is -0.865. The Balaban J connectivity index is 1.87. The van der Waals surface area contributed by atoms with E-state index < -0.39 is 5.97 Å². The quantitative estimate of drug-likeness (QED) is 0.918. The predicted octanol–water partition coefficient (Wildman–Crippen LogP) is 4.23. The number of hydrogen-bond acceptors (Lipinski definition) is 3. The van der Waals surface area contributed by atoms with E-state index >= 15 is 0 Å². The van der Waals surface area contributed by atoms with E-state index in [1.54, 1.807) is 12.1 Å². The lowest BCUT2D eigenvalue weighted by Gasteiger charge is -2.22. The molecule has 4 nitrogen and oxygen atoms in total. The number of aromatic nitrogens is 1. The maximum Gasteiger partial charge on any atom is 0.358 e. The van der Waals surface area contributed by atoms with E-state index in [4.69, 9.17) is 9.63 Å². The third-order valence-electron chi connectivity index (χ3n) is 4.06. The van der Waals surface area contributed by atoms with E-state index in [9.17, 15) is 9.18 Å². The molecule has 3 rings (SSSR count). The zero-order chi connectivity index (χ0) is 14.8. The Morgan fingerprint density at radius 1 is 1.24 bits per heavy atom. The van der Waals surface area contributed by atoms with Crippen molar-refractivity contribution >= 4 is 5.97 Å². The second-order valence-electron chi connectivity index (χ2n) is 5.45. The molecule has 1 fully saturated rings. The molecule has 1 aliphatic carbocycles. The Morgan fingerprint density at radius 2 is 2.00 bits per heavy atom. The van der Waals surface area contributed by atoms with Crippen molar-refractivity contribution in [3.8, 4) is 11.3 Å². The van der Waals surface area contributed by atoms with Crippen molar-refractivity contribution in [2.45, 2.75) is 38.0 Å². The van der Waals surface area contributed by atoms with Gasteiger partial charge in [-0.1, -0.05) is 36.6 Å². The van der Waals surface area contributed by atoms with Gasteiger partial charge in [0.2, 0.25) is 0 Å². The van der Waals surface area contributed by atoms with E-state index in [0.717, 1.165) is 31.2 Å². The smallest absolute Gasteiger partial charge is 0.358 e. The molecule has 21 heavy (non-hydrogen) atoms. The van der Waals surface area contributed by atoms with Crippen LogP contribution in [0, 0.1) is 5.82 Å². The monoisotopic (exact) mass is 289 g/mol. The fourth-order valence-corrected chi connectivity index (χ4v) is 2.94. The number of aromatic carboxylic acids is 1. The van der Waals surface area contributed by atoms with Gasteiger partial charge in [-0.05, 0) is 30.4 Å². The SMILES string of the molecule is O=C(O)c1cc(-c2ccc(C3CCCCC3)c(F)c2)on1. The zero-order valence-corrected chi connectivity index (χ0v) is 11.5. The third-order valence-corrected chi connectivity index (χ3v) is 4.06. The van der Waals surface area contributed by atoms with Gasteiger partial charge in [-0.2, -0.15) is 0 Å². The lowest BCUT2D eigenvalue weighted by atomic mass is 9.83. The minimum Gasteiger partial charge on any atom is -0.476 e. The summed E-state index contributed by atoms with van der Waals surface area (Å²) in [4.78, 5) is 10.8. The molecule has 110 valence electrons. The highest BCUT2D eigenvalue weighted by molar-refractivity contribution is 5.86. The molecular formula is C16H16FNO3. The van der Waals surface area contributed by atoms with Crippen LogP contribution >= 0.6 is 0 Å². The summed E-state index contributed by atoms with van der Waals surface area (Å²) in [5, 5.41) is 12.3. The van der Waals surface area contributed by atoms with Crippen LogP contribution in [0.1, 0.15) is 54.1 Å². The number of halogens is 1. The first-order valence-corrected chi connectivity index (χ1v) is 7.15. The number of carboxylic acid groups (broad SMARTS) is 1. The second kappa shape index (κ2) is 5.68. The highest BCUT2D eigenvalue weighted by atomic mass is 19.1. The molecule has 0 atom stereocenters. The van der Waals surface area contributed by atoms with Crippen molar-refractivity contribution in [3.05, 3.63) is 41.3 Å². The highest BCUT2D eigenvalue weighted by Gasteiger charge is 2.20. The van der Waals surface area contributed by atoms with Crippen LogP contribution in [0.25, 0.3) is 11.3 Å². The van der Waals surface area contributed by atoms with Crippen molar-refractivity contribution in [1.29, 1.82) is 0 Å². The van der Waals surface area contributed by atoms with Gasteiger partial charge in [0.05, 0.1) is 0 Å². The van der Waals surface area contributed by atoms with Crippen LogP contribution < -0.4 is 0 Å². The molecule has 0 unspecified atom stereocenters. The molecule has 1 aliphatic rings. The van der Waals surface area contributed by atoms with Gasteiger partial charge in [0, 0.05) is 11.6 Å². The molecule has 2 aromatic rings. The first kappa shape index (κ1) is 13.8. The molecule has 5 heteroatoms. The fraction of sp³-hybridized carbons (Fsp3) is 0.375. The molecule has 1 N–H and O–H groups in total. The number of nitrogens with zero attached hydrogens (tertiary/aromatic N) is 1. The zero-order valence-electron chi connectivity index (χ0n) is 11.5. The Kier molecular flexibility index (Phi) is 3.73. The van der Waals surface area contributed by atoms with Crippen LogP contribution in [0.3, 0.4) is 0 Å². The van der Waals surface area contributed by atoms with Crippen LogP contribution in [-0.2, 0) is 0 Å². The molecule has 0 amide bonds. The van der Waals surface area contributed by atoms with Gasteiger partial charge in [-0.25, -0.2) is 9.18 Å². The lowest BCUT2D eigenvalue weighted by molar-refractivity contribution is 0.0686. The van der Waals surface area contributed by atoms with Gasteiger partial charge in [0.25, 0.3) is 0 Å². The van der Waals surface area contributed by atoms with Crippen LogP contribution in [0.2, 0.25) is 0 Å². The maximum atomic E-state index is 14.3. The largest absolute Gasteiger partial charge is 0.476 e. The number of hydrogen-bond donors (Lipinski definition) is 1. The van der Waals surface area contributed by atoms with Gasteiger partial charge in [-0.3, -0.25) is 0 Å². The summed E-state index contributed by atoms with van der Waals surface area (Å²) < 4.78 is 19.3. The van der Waals surface area contributed by atoms with E-state index in [-0.39, 0.29) is 23.2 Å². The van der Waals surface area contributed by atoms with E-state index in [2.05, 4.69) is 5.16 Å². The Bertz CT molecular complexity index is 659. The van der Waals surface area contributed by atoms with E-state index in [1.165, 1.54) is 18.6 Å². The number of benzene rings is 1. The molecule has 1 aromatic heterocycles. The Morgan fingerprint density at radius 3 is 2.62 bits per heavy atom. The summed E-state index contributed by atoms with van der Waals surface area (Å²) in [6.07, 6.45) is 5.58. The molecule has 0 radical (unpaired) electrons. The molecule has 1 heterocycles. The molecule has 1 aromatic carbocycles. The topological polar surface area (TPSA) is 63.3 Å². The summed E-state index contributed by atoms with van der Waals surface area (Å²) in [6, 6.07) is 6.25. The van der Waals surface area contributed by atoms with Crippen molar-refractivity contribution in [3.63, 3.8) is 0 Å². The van der Waals surface area contributed by atoms with Gasteiger partial charge >= 0.3 is 5.97 Å². The minimum absolute atomic E-state index is 0.179. The van der Waals surface area contributed by atoms with Gasteiger partial charge in [-0.15, -0.1) is 0 Å². The highest BCUT2D eigenvalue weighted by Crippen LogP contribution is 2.35. The maximum absolute atomic E-state index is 14.3. The lowest BCUT2D eigenvalue weighted by Crippen LogP contribution is -2.06. The molecular weight excluding hydrogens is 273 g/mol. The molecule has 0 spiro atoms. The van der Waals surface area contributed by atoms with E-state index in [0.29, 0.717) is 5.56 Å². The Hall–Kier alpha value is -2.17. The summed E-state index contributed by atoms with van der Waals surface area (Å²) in [7, 11) is 0. The average molecular weight is 289 g/mol.